The summed E-state index contributed by atoms with van der Waals surface area (Å²) in [6, 6.07) is 9.11. The predicted octanol–water partition coefficient (Wildman–Crippen LogP) is 4.64. The molecule has 1 aromatic carbocycles. The first-order valence-corrected chi connectivity index (χ1v) is 7.98. The van der Waals surface area contributed by atoms with Crippen LogP contribution in [0, 0.1) is 5.82 Å². The smallest absolute Gasteiger partial charge is 0.137 e. The van der Waals surface area contributed by atoms with Crippen molar-refractivity contribution in [3.63, 3.8) is 0 Å². The van der Waals surface area contributed by atoms with Crippen LogP contribution >= 0.6 is 31.9 Å². The van der Waals surface area contributed by atoms with E-state index in [-0.39, 0.29) is 11.9 Å². The first kappa shape index (κ1) is 15.6. The van der Waals surface area contributed by atoms with Crippen LogP contribution in [-0.4, -0.2) is 11.5 Å². The average Bonchev–Trinajstić information content (AvgIpc) is 2.44. The van der Waals surface area contributed by atoms with Crippen molar-refractivity contribution in [1.82, 2.24) is 10.3 Å². The molecule has 0 fully saturated rings. The topological polar surface area (TPSA) is 24.9 Å². The Kier molecular flexibility index (Phi) is 5.69. The van der Waals surface area contributed by atoms with Gasteiger partial charge >= 0.3 is 0 Å². The molecule has 2 nitrogen and oxygen atoms in total. The van der Waals surface area contributed by atoms with Gasteiger partial charge in [0.15, 0.2) is 0 Å². The van der Waals surface area contributed by atoms with Crippen molar-refractivity contribution in [3.8, 4) is 0 Å². The summed E-state index contributed by atoms with van der Waals surface area (Å²) in [5, 5.41) is 3.39. The number of hydrogen-bond acceptors (Lipinski definition) is 2. The molecule has 0 aliphatic rings. The largest absolute Gasteiger partial charge is 0.309 e. The summed E-state index contributed by atoms with van der Waals surface area (Å²) < 4.78 is 15.1. The van der Waals surface area contributed by atoms with E-state index in [0.29, 0.717) is 10.9 Å². The van der Waals surface area contributed by atoms with Gasteiger partial charge in [-0.1, -0.05) is 19.1 Å². The number of halogens is 3. The van der Waals surface area contributed by atoms with Crippen molar-refractivity contribution in [3.05, 3.63) is 62.5 Å². The maximum absolute atomic E-state index is 13.6. The van der Waals surface area contributed by atoms with Gasteiger partial charge in [0.1, 0.15) is 5.82 Å². The lowest BCUT2D eigenvalue weighted by molar-refractivity contribution is 0.532. The molecule has 0 spiro atoms. The number of nitrogens with one attached hydrogen (secondary N) is 1. The number of hydrogen-bond donors (Lipinski definition) is 1. The highest BCUT2D eigenvalue weighted by atomic mass is 79.9. The number of likely N-dealkylation sites (N-methyl/N-ethyl adjacent to an activating group) is 1. The molecule has 1 heterocycles. The highest BCUT2D eigenvalue weighted by Gasteiger charge is 2.15. The van der Waals surface area contributed by atoms with Crippen molar-refractivity contribution in [2.24, 2.45) is 0 Å². The number of aromatic nitrogens is 1. The fourth-order valence-corrected chi connectivity index (χ4v) is 2.71. The molecule has 0 saturated carbocycles. The Hall–Kier alpha value is -0.780. The van der Waals surface area contributed by atoms with E-state index < -0.39 is 0 Å². The van der Waals surface area contributed by atoms with Gasteiger partial charge in [0.25, 0.3) is 0 Å². The van der Waals surface area contributed by atoms with E-state index in [4.69, 9.17) is 0 Å². The fourth-order valence-electron chi connectivity index (χ4n) is 2.05. The molecule has 1 atom stereocenters. The molecule has 5 heteroatoms. The summed E-state index contributed by atoms with van der Waals surface area (Å²) in [5.41, 5.74) is 1.88. The zero-order valence-electron chi connectivity index (χ0n) is 11.0. The minimum Gasteiger partial charge on any atom is -0.309 e. The zero-order chi connectivity index (χ0) is 14.5. The second-order valence-electron chi connectivity index (χ2n) is 4.43. The quantitative estimate of drug-likeness (QED) is 0.789. The summed E-state index contributed by atoms with van der Waals surface area (Å²) in [5.74, 6) is -0.235. The van der Waals surface area contributed by atoms with Gasteiger partial charge in [0.05, 0.1) is 16.2 Å². The van der Waals surface area contributed by atoms with Crippen molar-refractivity contribution in [2.75, 3.05) is 6.54 Å². The second-order valence-corrected chi connectivity index (χ2v) is 6.14. The Morgan fingerprint density at radius 2 is 2.05 bits per heavy atom. The predicted molar refractivity (Wildman–Crippen MR) is 86.2 cm³/mol. The third kappa shape index (κ3) is 3.87. The summed E-state index contributed by atoms with van der Waals surface area (Å²) in [6.07, 6.45) is 2.46. The van der Waals surface area contributed by atoms with Gasteiger partial charge in [-0.2, -0.15) is 0 Å². The molecule has 1 aromatic heterocycles. The van der Waals surface area contributed by atoms with Crippen molar-refractivity contribution < 1.29 is 4.39 Å². The van der Waals surface area contributed by atoms with Crippen LogP contribution in [-0.2, 0) is 6.42 Å². The van der Waals surface area contributed by atoms with Crippen LogP contribution < -0.4 is 5.32 Å². The van der Waals surface area contributed by atoms with Crippen LogP contribution in [0.2, 0.25) is 0 Å². The minimum atomic E-state index is -0.235. The Labute approximate surface area is 135 Å². The molecule has 2 aromatic rings. The lowest BCUT2D eigenvalue weighted by atomic mass is 10.0. The van der Waals surface area contributed by atoms with Gasteiger partial charge in [0.2, 0.25) is 0 Å². The van der Waals surface area contributed by atoms with Gasteiger partial charge in [0, 0.05) is 10.7 Å². The zero-order valence-corrected chi connectivity index (χ0v) is 14.2. The minimum absolute atomic E-state index is 0.0613. The standard InChI is InChI=1S/C15H15Br2FN2/c1-2-19-14(13-7-6-11(16)9-20-13)8-10-4-3-5-12(18)15(10)17/h3-7,9,14,19H,2,8H2,1H3. The Bertz CT molecular complexity index is 573. The van der Waals surface area contributed by atoms with E-state index in [1.165, 1.54) is 6.07 Å². The first-order valence-electron chi connectivity index (χ1n) is 6.39. The third-order valence-electron chi connectivity index (χ3n) is 3.01. The fraction of sp³-hybridized carbons (Fsp3) is 0.267. The summed E-state index contributed by atoms with van der Waals surface area (Å²) in [7, 11) is 0. The molecule has 20 heavy (non-hydrogen) atoms. The van der Waals surface area contributed by atoms with Crippen LogP contribution in [0.15, 0.2) is 45.5 Å². The number of nitrogens with zero attached hydrogens (tertiary/aromatic N) is 1. The van der Waals surface area contributed by atoms with E-state index in [2.05, 4.69) is 42.2 Å². The Balaban J connectivity index is 2.25. The molecular formula is C15H15Br2FN2. The molecule has 1 N–H and O–H groups in total. The van der Waals surface area contributed by atoms with Crippen LogP contribution in [0.5, 0.6) is 0 Å². The van der Waals surface area contributed by atoms with Crippen LogP contribution in [0.25, 0.3) is 0 Å². The van der Waals surface area contributed by atoms with Gasteiger partial charge in [-0.05, 0) is 68.6 Å². The van der Waals surface area contributed by atoms with E-state index in [9.17, 15) is 4.39 Å². The van der Waals surface area contributed by atoms with E-state index >= 15 is 0 Å². The van der Waals surface area contributed by atoms with Crippen LogP contribution in [0.1, 0.15) is 24.2 Å². The van der Waals surface area contributed by atoms with Crippen LogP contribution in [0.3, 0.4) is 0 Å². The van der Waals surface area contributed by atoms with Gasteiger partial charge in [-0.3, -0.25) is 4.98 Å². The average molecular weight is 402 g/mol. The number of pyridine rings is 1. The van der Waals surface area contributed by atoms with Crippen molar-refractivity contribution in [1.29, 1.82) is 0 Å². The van der Waals surface area contributed by atoms with E-state index in [1.54, 1.807) is 12.3 Å². The maximum Gasteiger partial charge on any atom is 0.137 e. The molecule has 106 valence electrons. The molecule has 0 amide bonds. The van der Waals surface area contributed by atoms with Crippen LogP contribution in [0.4, 0.5) is 4.39 Å². The highest BCUT2D eigenvalue weighted by molar-refractivity contribution is 9.10. The lowest BCUT2D eigenvalue weighted by Gasteiger charge is -2.18. The maximum atomic E-state index is 13.6. The number of benzene rings is 1. The first-order chi connectivity index (χ1) is 9.61. The molecule has 1 unspecified atom stereocenters. The molecule has 0 bridgehead atoms. The normalized spacial score (nSPS) is 12.4. The SMILES string of the molecule is CCNC(Cc1cccc(F)c1Br)c1ccc(Br)cn1. The van der Waals surface area contributed by atoms with Crippen molar-refractivity contribution >= 4 is 31.9 Å². The molecule has 2 rings (SSSR count). The Morgan fingerprint density at radius 3 is 2.70 bits per heavy atom. The second kappa shape index (κ2) is 7.29. The molecular weight excluding hydrogens is 387 g/mol. The Morgan fingerprint density at radius 1 is 1.25 bits per heavy atom. The van der Waals surface area contributed by atoms with E-state index in [0.717, 1.165) is 22.3 Å². The molecule has 0 aliphatic heterocycles. The molecule has 0 radical (unpaired) electrons. The third-order valence-corrected chi connectivity index (χ3v) is 4.37. The molecule has 0 saturated heterocycles. The van der Waals surface area contributed by atoms with E-state index in [1.807, 2.05) is 25.1 Å². The van der Waals surface area contributed by atoms with Gasteiger partial charge in [-0.15, -0.1) is 0 Å². The summed E-state index contributed by atoms with van der Waals surface area (Å²) in [4.78, 5) is 4.43. The summed E-state index contributed by atoms with van der Waals surface area (Å²) >= 11 is 6.69. The highest BCUT2D eigenvalue weighted by Crippen LogP contribution is 2.25. The van der Waals surface area contributed by atoms with Crippen molar-refractivity contribution in [2.45, 2.75) is 19.4 Å². The number of rotatable bonds is 5. The summed E-state index contributed by atoms with van der Waals surface area (Å²) in [6.45, 7) is 2.88. The monoisotopic (exact) mass is 400 g/mol. The van der Waals surface area contributed by atoms with Gasteiger partial charge in [-0.25, -0.2) is 4.39 Å². The van der Waals surface area contributed by atoms with Gasteiger partial charge < -0.3 is 5.32 Å². The lowest BCUT2D eigenvalue weighted by Crippen LogP contribution is -2.24. The molecule has 0 aliphatic carbocycles.